The average molecular weight is 486 g/mol. The van der Waals surface area contributed by atoms with E-state index >= 15 is 0 Å². The number of ether oxygens (including phenoxy) is 3. The number of nitrogens with zero attached hydrogens (tertiary/aromatic N) is 1. The topological polar surface area (TPSA) is 112 Å². The van der Waals surface area contributed by atoms with E-state index in [1.807, 2.05) is 0 Å². The number of benzene rings is 2. The van der Waals surface area contributed by atoms with Crippen LogP contribution >= 0.6 is 0 Å². The lowest BCUT2D eigenvalue weighted by Gasteiger charge is -2.26. The van der Waals surface area contributed by atoms with Gasteiger partial charge in [-0.1, -0.05) is 12.1 Å². The van der Waals surface area contributed by atoms with Crippen LogP contribution in [-0.2, 0) is 30.9 Å². The molecule has 0 spiro atoms. The summed E-state index contributed by atoms with van der Waals surface area (Å²) in [6, 6.07) is 12.5. The summed E-state index contributed by atoms with van der Waals surface area (Å²) in [4.78, 5) is 24.2. The number of hydrogen-bond acceptors (Lipinski definition) is 8. The second-order valence-corrected chi connectivity index (χ2v) is 9.42. The predicted molar refractivity (Wildman–Crippen MR) is 124 cm³/mol. The molecule has 1 saturated heterocycles. The number of rotatable bonds is 7. The largest absolute Gasteiger partial charge is 0.497 e. The average Bonchev–Trinajstić information content (AvgIpc) is 2.86. The smallest absolute Gasteiger partial charge is 0.336 e. The zero-order chi connectivity index (χ0) is 24.1. The molecular formula is C24H23NO8S. The molecule has 9 nitrogen and oxygen atoms in total. The van der Waals surface area contributed by atoms with Crippen LogP contribution in [0.25, 0.3) is 17.0 Å². The van der Waals surface area contributed by atoms with Crippen LogP contribution in [0.1, 0.15) is 11.1 Å². The van der Waals surface area contributed by atoms with Crippen molar-refractivity contribution in [1.82, 2.24) is 4.31 Å². The van der Waals surface area contributed by atoms with Crippen molar-refractivity contribution < 1.29 is 31.8 Å². The van der Waals surface area contributed by atoms with Crippen molar-refractivity contribution >= 4 is 33.0 Å². The molecule has 0 radical (unpaired) electrons. The molecule has 10 heteroatoms. The minimum absolute atomic E-state index is 0.117. The molecule has 1 aliphatic heterocycles. The zero-order valence-electron chi connectivity index (χ0n) is 18.4. The summed E-state index contributed by atoms with van der Waals surface area (Å²) in [5.74, 6) is -0.0728. The number of sulfonamides is 1. The molecule has 1 aliphatic rings. The third-order valence-corrected chi connectivity index (χ3v) is 7.22. The molecular weight excluding hydrogens is 462 g/mol. The van der Waals surface area contributed by atoms with Gasteiger partial charge in [-0.05, 0) is 35.9 Å². The molecule has 0 N–H and O–H groups in total. The number of carbonyl (C=O) groups is 1. The Kier molecular flexibility index (Phi) is 7.11. The highest BCUT2D eigenvalue weighted by Crippen LogP contribution is 2.23. The van der Waals surface area contributed by atoms with Crippen LogP contribution in [0.15, 0.2) is 68.7 Å². The normalized spacial score (nSPS) is 15.0. The lowest BCUT2D eigenvalue weighted by molar-refractivity contribution is -0.138. The minimum atomic E-state index is -3.58. The molecule has 3 aromatic rings. The van der Waals surface area contributed by atoms with Gasteiger partial charge in [0.2, 0.25) is 10.0 Å². The second kappa shape index (κ2) is 10.2. The van der Waals surface area contributed by atoms with Crippen molar-refractivity contribution in [2.45, 2.75) is 11.5 Å². The Labute approximate surface area is 196 Å². The van der Waals surface area contributed by atoms with Crippen molar-refractivity contribution in [1.29, 1.82) is 0 Å². The van der Waals surface area contributed by atoms with Gasteiger partial charge in [0.25, 0.3) is 0 Å². The van der Waals surface area contributed by atoms with Gasteiger partial charge in [-0.15, -0.1) is 0 Å². The maximum atomic E-state index is 12.7. The number of hydrogen-bond donors (Lipinski definition) is 0. The molecule has 0 atom stereocenters. The van der Waals surface area contributed by atoms with Crippen molar-refractivity contribution in [3.05, 3.63) is 76.2 Å². The van der Waals surface area contributed by atoms with E-state index in [9.17, 15) is 18.0 Å². The molecule has 2 aromatic carbocycles. The molecule has 0 saturated carbocycles. The van der Waals surface area contributed by atoms with E-state index in [1.54, 1.807) is 30.3 Å². The molecule has 2 heterocycles. The van der Waals surface area contributed by atoms with Crippen LogP contribution in [0.3, 0.4) is 0 Å². The van der Waals surface area contributed by atoms with Gasteiger partial charge in [0, 0.05) is 42.2 Å². The van der Waals surface area contributed by atoms with E-state index in [-0.39, 0.29) is 11.5 Å². The van der Waals surface area contributed by atoms with Crippen molar-refractivity contribution in [2.75, 3.05) is 33.4 Å². The first-order valence-corrected chi connectivity index (χ1v) is 11.9. The molecule has 178 valence electrons. The Bertz CT molecular complexity index is 1370. The molecule has 1 aromatic heterocycles. The summed E-state index contributed by atoms with van der Waals surface area (Å²) in [6.45, 7) is 1.28. The van der Waals surface area contributed by atoms with Crippen LogP contribution in [0.2, 0.25) is 0 Å². The van der Waals surface area contributed by atoms with E-state index < -0.39 is 21.6 Å². The second-order valence-electron chi connectivity index (χ2n) is 7.48. The Hall–Kier alpha value is -3.47. The number of esters is 1. The van der Waals surface area contributed by atoms with Crippen LogP contribution in [0, 0.1) is 0 Å². The first-order valence-electron chi connectivity index (χ1n) is 10.5. The van der Waals surface area contributed by atoms with E-state index in [0.717, 1.165) is 0 Å². The summed E-state index contributed by atoms with van der Waals surface area (Å²) in [5, 5.41) is 0.634. The van der Waals surface area contributed by atoms with Crippen molar-refractivity contribution in [3.8, 4) is 5.75 Å². The fourth-order valence-corrected chi connectivity index (χ4v) is 4.91. The third kappa shape index (κ3) is 5.36. The van der Waals surface area contributed by atoms with Gasteiger partial charge in [0.1, 0.15) is 17.9 Å². The van der Waals surface area contributed by atoms with Crippen molar-refractivity contribution in [3.63, 3.8) is 0 Å². The SMILES string of the molecule is COc1ccc2c(COC(=O)C=Cc3ccc(S(=O)(=O)N4CCOCC4)cc3)cc(=O)oc2c1. The monoisotopic (exact) mass is 485 g/mol. The lowest BCUT2D eigenvalue weighted by atomic mass is 10.1. The van der Waals surface area contributed by atoms with Crippen LogP contribution in [0.4, 0.5) is 0 Å². The first kappa shape index (κ1) is 23.7. The number of carbonyl (C=O) groups excluding carboxylic acids is 1. The molecule has 1 fully saturated rings. The third-order valence-electron chi connectivity index (χ3n) is 5.31. The van der Waals surface area contributed by atoms with E-state index in [0.29, 0.717) is 54.1 Å². The maximum Gasteiger partial charge on any atom is 0.336 e. The molecule has 0 unspecified atom stereocenters. The standard InChI is InChI=1S/C24H23NO8S/c1-30-19-5-8-21-18(14-24(27)33-22(21)15-19)16-32-23(26)9-4-17-2-6-20(7-3-17)34(28,29)25-10-12-31-13-11-25/h2-9,14-15H,10-13,16H2,1H3. The Morgan fingerprint density at radius 2 is 1.82 bits per heavy atom. The van der Waals surface area contributed by atoms with Gasteiger partial charge in [0.15, 0.2) is 0 Å². The fraction of sp³-hybridized carbons (Fsp3) is 0.250. The summed E-state index contributed by atoms with van der Waals surface area (Å²) in [6.07, 6.45) is 2.76. The number of methoxy groups -OCH3 is 1. The highest BCUT2D eigenvalue weighted by atomic mass is 32.2. The molecule has 4 rings (SSSR count). The Morgan fingerprint density at radius 1 is 1.09 bits per heavy atom. The van der Waals surface area contributed by atoms with E-state index in [4.69, 9.17) is 18.6 Å². The van der Waals surface area contributed by atoms with Gasteiger partial charge in [-0.3, -0.25) is 0 Å². The van der Waals surface area contributed by atoms with E-state index in [2.05, 4.69) is 0 Å². The quantitative estimate of drug-likeness (QED) is 0.285. The van der Waals surface area contributed by atoms with Crippen LogP contribution < -0.4 is 10.4 Å². The summed E-state index contributed by atoms with van der Waals surface area (Å²) in [7, 11) is -2.07. The van der Waals surface area contributed by atoms with Crippen LogP contribution in [-0.4, -0.2) is 52.1 Å². The van der Waals surface area contributed by atoms with Gasteiger partial charge < -0.3 is 18.6 Å². The highest BCUT2D eigenvalue weighted by molar-refractivity contribution is 7.89. The van der Waals surface area contributed by atoms with E-state index in [1.165, 1.54) is 41.8 Å². The van der Waals surface area contributed by atoms with Crippen molar-refractivity contribution in [2.24, 2.45) is 0 Å². The summed E-state index contributed by atoms with van der Waals surface area (Å²) in [5.41, 5.74) is 0.916. The summed E-state index contributed by atoms with van der Waals surface area (Å²) < 4.78 is 47.6. The van der Waals surface area contributed by atoms with Crippen LogP contribution in [0.5, 0.6) is 5.75 Å². The molecule has 0 amide bonds. The lowest BCUT2D eigenvalue weighted by Crippen LogP contribution is -2.40. The number of fused-ring (bicyclic) bond motifs is 1. The first-order chi connectivity index (χ1) is 16.4. The minimum Gasteiger partial charge on any atom is -0.497 e. The van der Waals surface area contributed by atoms with Gasteiger partial charge >= 0.3 is 11.6 Å². The fourth-order valence-electron chi connectivity index (χ4n) is 3.50. The zero-order valence-corrected chi connectivity index (χ0v) is 19.2. The Balaban J connectivity index is 1.40. The predicted octanol–water partition coefficient (Wildman–Crippen LogP) is 2.58. The number of morpholine rings is 1. The molecule has 34 heavy (non-hydrogen) atoms. The molecule has 0 bridgehead atoms. The molecule has 0 aliphatic carbocycles. The van der Waals surface area contributed by atoms with Gasteiger partial charge in [-0.25, -0.2) is 18.0 Å². The highest BCUT2D eigenvalue weighted by Gasteiger charge is 2.25. The summed E-state index contributed by atoms with van der Waals surface area (Å²) >= 11 is 0. The maximum absolute atomic E-state index is 12.7. The van der Waals surface area contributed by atoms with Gasteiger partial charge in [0.05, 0.1) is 25.2 Å². The van der Waals surface area contributed by atoms with Gasteiger partial charge in [-0.2, -0.15) is 4.31 Å². The Morgan fingerprint density at radius 3 is 2.53 bits per heavy atom.